The molecule has 46 heavy (non-hydrogen) atoms. The summed E-state index contributed by atoms with van der Waals surface area (Å²) in [5.41, 5.74) is 2.58. The maximum Gasteiger partial charge on any atom is 0.415 e. The predicted molar refractivity (Wildman–Crippen MR) is 170 cm³/mol. The van der Waals surface area contributed by atoms with Crippen LogP contribution in [0.3, 0.4) is 0 Å². The smallest absolute Gasteiger partial charge is 0.415 e. The number of hydrogen-bond donors (Lipinski definition) is 2. The first-order valence-electron chi connectivity index (χ1n) is 15.3. The molecule has 2 aliphatic rings. The van der Waals surface area contributed by atoms with Gasteiger partial charge in [0, 0.05) is 30.4 Å². The molecule has 0 aliphatic carbocycles. The van der Waals surface area contributed by atoms with E-state index in [4.69, 9.17) is 9.84 Å². The molecular formula is C32H34N8O5S. The van der Waals surface area contributed by atoms with Crippen molar-refractivity contribution in [1.82, 2.24) is 35.0 Å². The number of thioether (sulfide) groups is 1. The number of benzene rings is 2. The van der Waals surface area contributed by atoms with Crippen LogP contribution in [0.25, 0.3) is 5.69 Å². The predicted octanol–water partition coefficient (Wildman–Crippen LogP) is 4.75. The van der Waals surface area contributed by atoms with Crippen LogP contribution in [0.4, 0.5) is 10.6 Å². The van der Waals surface area contributed by atoms with Gasteiger partial charge in [-0.3, -0.25) is 9.69 Å². The van der Waals surface area contributed by atoms with E-state index >= 15 is 0 Å². The van der Waals surface area contributed by atoms with Crippen LogP contribution in [0, 0.1) is 0 Å². The Labute approximate surface area is 269 Å². The van der Waals surface area contributed by atoms with Gasteiger partial charge in [-0.25, -0.2) is 14.6 Å². The molecule has 0 bridgehead atoms. The highest BCUT2D eigenvalue weighted by molar-refractivity contribution is 7.99. The molecule has 0 atom stereocenters. The lowest BCUT2D eigenvalue weighted by atomic mass is 10.1. The number of pyridine rings is 1. The highest BCUT2D eigenvalue weighted by Crippen LogP contribution is 2.30. The fourth-order valence-electron chi connectivity index (χ4n) is 5.47. The number of rotatable bonds is 9. The van der Waals surface area contributed by atoms with Crippen LogP contribution < -0.4 is 10.1 Å². The summed E-state index contributed by atoms with van der Waals surface area (Å²) in [6, 6.07) is 17.2. The standard InChI is InChI=1S/C32H34N8O5S/c41-29(23-6-4-22(5-7-23)21-38-16-2-1-3-17-38)34-28-13-12-26(20-33-28)45-32(44)39-18-14-27(15-19-39)46-31-35-36-37-40(31)25-10-8-24(9-11-25)30(42)43/h4-13,20,27H,1-3,14-19,21H2,(H,42,43)(H,33,34,41). The Morgan fingerprint density at radius 3 is 2.28 bits per heavy atom. The maximum atomic E-state index is 12.8. The van der Waals surface area contributed by atoms with Gasteiger partial charge in [0.05, 0.1) is 17.4 Å². The Morgan fingerprint density at radius 2 is 1.61 bits per heavy atom. The topological polar surface area (TPSA) is 156 Å². The molecular weight excluding hydrogens is 608 g/mol. The molecule has 0 saturated carbocycles. The van der Waals surface area contributed by atoms with E-state index in [2.05, 4.69) is 30.7 Å². The molecule has 2 aromatic carbocycles. The number of ether oxygens (including phenoxy) is 1. The number of likely N-dealkylation sites (tertiary alicyclic amines) is 2. The van der Waals surface area contributed by atoms with Crippen LogP contribution in [0.5, 0.6) is 5.75 Å². The molecule has 2 saturated heterocycles. The molecule has 14 heteroatoms. The molecule has 4 aromatic rings. The SMILES string of the molecule is O=C(O)c1ccc(-n2nnnc2SC2CCN(C(=O)Oc3ccc(NC(=O)c4ccc(CN5CCCCC5)cc4)nc3)CC2)cc1. The third-order valence-electron chi connectivity index (χ3n) is 8.03. The molecule has 4 heterocycles. The van der Waals surface area contributed by atoms with Crippen molar-refractivity contribution in [1.29, 1.82) is 0 Å². The highest BCUT2D eigenvalue weighted by Gasteiger charge is 2.27. The Balaban J connectivity index is 0.951. The molecule has 238 valence electrons. The summed E-state index contributed by atoms with van der Waals surface area (Å²) in [7, 11) is 0. The number of aromatic nitrogens is 5. The molecule has 0 unspecified atom stereocenters. The second-order valence-electron chi connectivity index (χ2n) is 11.3. The van der Waals surface area contributed by atoms with Crippen LogP contribution in [0.15, 0.2) is 72.0 Å². The summed E-state index contributed by atoms with van der Waals surface area (Å²) in [4.78, 5) is 45.1. The Bertz CT molecular complexity index is 1650. The molecule has 0 radical (unpaired) electrons. The van der Waals surface area contributed by atoms with Gasteiger partial charge in [-0.15, -0.1) is 5.10 Å². The minimum Gasteiger partial charge on any atom is -0.478 e. The minimum atomic E-state index is -1.000. The van der Waals surface area contributed by atoms with Gasteiger partial charge in [0.25, 0.3) is 5.91 Å². The summed E-state index contributed by atoms with van der Waals surface area (Å²) in [6.45, 7) is 4.15. The minimum absolute atomic E-state index is 0.183. The molecule has 2 aromatic heterocycles. The van der Waals surface area contributed by atoms with Crippen LogP contribution in [-0.2, 0) is 6.54 Å². The molecule has 2 amide bonds. The number of hydrogen-bond acceptors (Lipinski definition) is 10. The van der Waals surface area contributed by atoms with Crippen LogP contribution in [-0.4, -0.2) is 89.5 Å². The van der Waals surface area contributed by atoms with Gasteiger partial charge in [0.1, 0.15) is 5.82 Å². The second-order valence-corrected chi connectivity index (χ2v) is 12.5. The lowest BCUT2D eigenvalue weighted by Crippen LogP contribution is -2.41. The maximum absolute atomic E-state index is 12.8. The van der Waals surface area contributed by atoms with Gasteiger partial charge < -0.3 is 20.1 Å². The summed E-state index contributed by atoms with van der Waals surface area (Å²) in [5, 5.41) is 24.7. The molecule has 6 rings (SSSR count). The highest BCUT2D eigenvalue weighted by atomic mass is 32.2. The zero-order valence-corrected chi connectivity index (χ0v) is 25.9. The number of piperidine rings is 2. The van der Waals surface area contributed by atoms with Gasteiger partial charge >= 0.3 is 12.1 Å². The van der Waals surface area contributed by atoms with Crippen molar-refractivity contribution in [3.63, 3.8) is 0 Å². The van der Waals surface area contributed by atoms with Crippen molar-refractivity contribution in [2.24, 2.45) is 0 Å². The number of carbonyl (C=O) groups excluding carboxylic acids is 2. The summed E-state index contributed by atoms with van der Waals surface area (Å²) in [5.74, 6) is -0.609. The van der Waals surface area contributed by atoms with Crippen molar-refractivity contribution in [3.8, 4) is 11.4 Å². The van der Waals surface area contributed by atoms with Crippen molar-refractivity contribution < 1.29 is 24.2 Å². The van der Waals surface area contributed by atoms with Crippen LogP contribution in [0.2, 0.25) is 0 Å². The third-order valence-corrected chi connectivity index (χ3v) is 9.30. The quantitative estimate of drug-likeness (QED) is 0.260. The number of nitrogens with one attached hydrogen (secondary N) is 1. The average molecular weight is 643 g/mol. The van der Waals surface area contributed by atoms with Crippen molar-refractivity contribution in [2.75, 3.05) is 31.5 Å². The zero-order valence-electron chi connectivity index (χ0n) is 25.1. The number of anilines is 1. The number of carbonyl (C=O) groups is 3. The zero-order chi connectivity index (χ0) is 31.9. The molecule has 2 aliphatic heterocycles. The first-order valence-corrected chi connectivity index (χ1v) is 16.1. The van der Waals surface area contributed by atoms with Crippen molar-refractivity contribution >= 4 is 35.5 Å². The Kier molecular flexibility index (Phi) is 9.84. The van der Waals surface area contributed by atoms with Gasteiger partial charge in [-0.05, 0) is 103 Å². The fourth-order valence-corrected chi connectivity index (χ4v) is 6.54. The third kappa shape index (κ3) is 7.87. The van der Waals surface area contributed by atoms with E-state index in [9.17, 15) is 14.4 Å². The normalized spacial score (nSPS) is 15.8. The van der Waals surface area contributed by atoms with E-state index in [0.29, 0.717) is 48.2 Å². The van der Waals surface area contributed by atoms with Crippen LogP contribution >= 0.6 is 11.8 Å². The molecule has 0 spiro atoms. The van der Waals surface area contributed by atoms with E-state index in [1.165, 1.54) is 54.9 Å². The van der Waals surface area contributed by atoms with Gasteiger partial charge in [0.2, 0.25) is 5.16 Å². The number of aromatic carboxylic acids is 1. The Morgan fingerprint density at radius 1 is 0.891 bits per heavy atom. The first-order chi connectivity index (χ1) is 22.4. The number of tetrazole rings is 1. The summed E-state index contributed by atoms with van der Waals surface area (Å²) in [6.07, 6.45) is 6.17. The largest absolute Gasteiger partial charge is 0.478 e. The number of nitrogens with zero attached hydrogens (tertiary/aromatic N) is 7. The Hall–Kier alpha value is -4.82. The van der Waals surface area contributed by atoms with Crippen molar-refractivity contribution in [3.05, 3.63) is 83.6 Å². The fraction of sp³-hybridized carbons (Fsp3) is 0.344. The number of amides is 2. The second kappa shape index (κ2) is 14.5. The lowest BCUT2D eigenvalue weighted by molar-refractivity contribution is 0.0696. The van der Waals surface area contributed by atoms with Gasteiger partial charge in [-0.2, -0.15) is 4.68 Å². The summed E-state index contributed by atoms with van der Waals surface area (Å²) < 4.78 is 7.11. The van der Waals surface area contributed by atoms with Crippen molar-refractivity contribution in [2.45, 2.75) is 49.1 Å². The first kappa shape index (κ1) is 31.2. The van der Waals surface area contributed by atoms with Gasteiger partial charge in [0.15, 0.2) is 5.75 Å². The lowest BCUT2D eigenvalue weighted by Gasteiger charge is -2.30. The summed E-state index contributed by atoms with van der Waals surface area (Å²) >= 11 is 1.52. The van der Waals surface area contributed by atoms with E-state index in [1.54, 1.807) is 33.8 Å². The van der Waals surface area contributed by atoms with E-state index in [-0.39, 0.29) is 22.5 Å². The number of carboxylic acid groups (broad SMARTS) is 1. The van der Waals surface area contributed by atoms with E-state index in [1.807, 2.05) is 24.3 Å². The van der Waals surface area contributed by atoms with E-state index in [0.717, 1.165) is 19.6 Å². The average Bonchev–Trinajstić information content (AvgIpc) is 3.55. The van der Waals surface area contributed by atoms with Crippen LogP contribution in [0.1, 0.15) is 58.4 Å². The molecule has 2 fully saturated rings. The van der Waals surface area contributed by atoms with Gasteiger partial charge in [-0.1, -0.05) is 30.3 Å². The van der Waals surface area contributed by atoms with E-state index < -0.39 is 12.1 Å². The number of carboxylic acids is 1. The monoisotopic (exact) mass is 642 g/mol. The molecule has 2 N–H and O–H groups in total. The molecule has 13 nitrogen and oxygen atoms in total.